The van der Waals surface area contributed by atoms with E-state index in [1.807, 2.05) is 54.6 Å². The van der Waals surface area contributed by atoms with Gasteiger partial charge < -0.3 is 14.4 Å². The van der Waals surface area contributed by atoms with Gasteiger partial charge >= 0.3 is 0 Å². The fourth-order valence-electron chi connectivity index (χ4n) is 4.34. The monoisotopic (exact) mass is 452 g/mol. The molecule has 1 unspecified atom stereocenters. The second-order valence-corrected chi connectivity index (χ2v) is 9.44. The SMILES string of the molecule is CCN(CC)c1cccc2c1-c1ccc(CS(N)(=O)=O)cc1C(c1cccc(OC)c1)O2. The van der Waals surface area contributed by atoms with Crippen LogP contribution in [0.5, 0.6) is 11.5 Å². The molecule has 0 saturated heterocycles. The predicted molar refractivity (Wildman–Crippen MR) is 128 cm³/mol. The Kier molecular flexibility index (Phi) is 6.13. The van der Waals surface area contributed by atoms with Crippen molar-refractivity contribution in [3.63, 3.8) is 0 Å². The van der Waals surface area contributed by atoms with Crippen LogP contribution in [-0.4, -0.2) is 28.6 Å². The normalized spacial score (nSPS) is 14.8. The van der Waals surface area contributed by atoms with Crippen molar-refractivity contribution >= 4 is 15.7 Å². The average Bonchev–Trinajstić information content (AvgIpc) is 2.78. The smallest absolute Gasteiger partial charge is 0.213 e. The third-order valence-corrected chi connectivity index (χ3v) is 6.52. The van der Waals surface area contributed by atoms with Gasteiger partial charge in [0.15, 0.2) is 0 Å². The summed E-state index contributed by atoms with van der Waals surface area (Å²) in [5, 5.41) is 5.32. The van der Waals surface area contributed by atoms with Crippen LogP contribution in [-0.2, 0) is 15.8 Å². The lowest BCUT2D eigenvalue weighted by atomic mass is 9.87. The highest BCUT2D eigenvalue weighted by Crippen LogP contribution is 2.49. The molecule has 0 radical (unpaired) electrons. The Morgan fingerprint density at radius 3 is 2.47 bits per heavy atom. The van der Waals surface area contributed by atoms with E-state index in [9.17, 15) is 8.42 Å². The number of hydrogen-bond acceptors (Lipinski definition) is 5. The lowest BCUT2D eigenvalue weighted by Crippen LogP contribution is -2.24. The molecular weight excluding hydrogens is 424 g/mol. The Bertz CT molecular complexity index is 1240. The van der Waals surface area contributed by atoms with Crippen molar-refractivity contribution in [3.05, 3.63) is 77.4 Å². The number of methoxy groups -OCH3 is 1. The average molecular weight is 453 g/mol. The zero-order valence-electron chi connectivity index (χ0n) is 18.5. The van der Waals surface area contributed by atoms with Crippen molar-refractivity contribution in [2.24, 2.45) is 5.14 Å². The summed E-state index contributed by atoms with van der Waals surface area (Å²) in [4.78, 5) is 2.29. The highest BCUT2D eigenvalue weighted by Gasteiger charge is 2.30. The number of anilines is 1. The zero-order chi connectivity index (χ0) is 22.9. The Morgan fingerprint density at radius 1 is 1.03 bits per heavy atom. The van der Waals surface area contributed by atoms with Gasteiger partial charge in [-0.2, -0.15) is 0 Å². The third kappa shape index (κ3) is 4.31. The molecule has 3 aromatic carbocycles. The van der Waals surface area contributed by atoms with Crippen molar-refractivity contribution in [1.82, 2.24) is 0 Å². The van der Waals surface area contributed by atoms with E-state index in [-0.39, 0.29) is 5.75 Å². The molecule has 1 aliphatic rings. The Balaban J connectivity index is 1.93. The van der Waals surface area contributed by atoms with Gasteiger partial charge in [0.2, 0.25) is 10.0 Å². The number of primary sulfonamides is 1. The minimum atomic E-state index is -3.66. The summed E-state index contributed by atoms with van der Waals surface area (Å²) < 4.78 is 35.5. The van der Waals surface area contributed by atoms with E-state index < -0.39 is 16.1 Å². The fourth-order valence-corrected chi connectivity index (χ4v) is 4.98. The van der Waals surface area contributed by atoms with Crippen molar-refractivity contribution in [3.8, 4) is 22.6 Å². The molecule has 0 bridgehead atoms. The van der Waals surface area contributed by atoms with Gasteiger partial charge in [-0.25, -0.2) is 13.6 Å². The molecule has 1 heterocycles. The number of sulfonamides is 1. The van der Waals surface area contributed by atoms with E-state index in [1.54, 1.807) is 7.11 Å². The maximum absolute atomic E-state index is 11.7. The molecule has 0 aliphatic carbocycles. The number of nitrogens with two attached hydrogens (primary N) is 1. The highest BCUT2D eigenvalue weighted by atomic mass is 32.2. The summed E-state index contributed by atoms with van der Waals surface area (Å²) in [5.74, 6) is 1.31. The van der Waals surface area contributed by atoms with Crippen LogP contribution in [0.2, 0.25) is 0 Å². The van der Waals surface area contributed by atoms with E-state index >= 15 is 0 Å². The third-order valence-electron chi connectivity index (χ3n) is 5.79. The van der Waals surface area contributed by atoms with Gasteiger partial charge in [-0.3, -0.25) is 0 Å². The molecule has 0 saturated carbocycles. The van der Waals surface area contributed by atoms with Gasteiger partial charge in [-0.1, -0.05) is 36.4 Å². The van der Waals surface area contributed by atoms with Crippen LogP contribution in [0.25, 0.3) is 11.1 Å². The molecular formula is C25H28N2O4S. The van der Waals surface area contributed by atoms with Gasteiger partial charge in [0.25, 0.3) is 0 Å². The molecule has 6 nitrogen and oxygen atoms in total. The van der Waals surface area contributed by atoms with E-state index in [2.05, 4.69) is 24.8 Å². The van der Waals surface area contributed by atoms with Gasteiger partial charge in [-0.05, 0) is 49.2 Å². The summed E-state index contributed by atoms with van der Waals surface area (Å²) in [7, 11) is -2.03. The summed E-state index contributed by atoms with van der Waals surface area (Å²) in [5.41, 5.74) is 5.61. The molecule has 0 aromatic heterocycles. The van der Waals surface area contributed by atoms with E-state index in [4.69, 9.17) is 14.6 Å². The molecule has 1 aliphatic heterocycles. The molecule has 2 N–H and O–H groups in total. The predicted octanol–water partition coefficient (Wildman–Crippen LogP) is 4.48. The fraction of sp³-hybridized carbons (Fsp3) is 0.280. The van der Waals surface area contributed by atoms with Gasteiger partial charge in [0.05, 0.1) is 12.9 Å². The molecule has 3 aromatic rings. The van der Waals surface area contributed by atoms with Crippen LogP contribution >= 0.6 is 0 Å². The van der Waals surface area contributed by atoms with Crippen molar-refractivity contribution in [1.29, 1.82) is 0 Å². The van der Waals surface area contributed by atoms with Crippen LogP contribution < -0.4 is 19.5 Å². The molecule has 1 atom stereocenters. The second-order valence-electron chi connectivity index (χ2n) is 7.83. The number of ether oxygens (including phenoxy) is 2. The van der Waals surface area contributed by atoms with Crippen LogP contribution in [0.4, 0.5) is 5.69 Å². The number of rotatable bonds is 7. The van der Waals surface area contributed by atoms with Gasteiger partial charge in [0.1, 0.15) is 17.6 Å². The number of hydrogen-bond donors (Lipinski definition) is 1. The van der Waals surface area contributed by atoms with Gasteiger partial charge in [-0.15, -0.1) is 0 Å². The first kappa shape index (κ1) is 22.2. The number of fused-ring (bicyclic) bond motifs is 3. The first-order valence-electron chi connectivity index (χ1n) is 10.7. The largest absolute Gasteiger partial charge is 0.497 e. The van der Waals surface area contributed by atoms with E-state index in [1.165, 1.54) is 0 Å². The minimum Gasteiger partial charge on any atom is -0.497 e. The maximum atomic E-state index is 11.7. The molecule has 7 heteroatoms. The quantitative estimate of drug-likeness (QED) is 0.572. The summed E-state index contributed by atoms with van der Waals surface area (Å²) >= 11 is 0. The van der Waals surface area contributed by atoms with Crippen LogP contribution in [0.3, 0.4) is 0 Å². The van der Waals surface area contributed by atoms with Crippen LogP contribution in [0.1, 0.15) is 36.6 Å². The zero-order valence-corrected chi connectivity index (χ0v) is 19.4. The van der Waals surface area contributed by atoms with Crippen molar-refractivity contribution < 1.29 is 17.9 Å². The number of benzene rings is 3. The van der Waals surface area contributed by atoms with E-state index in [0.29, 0.717) is 5.56 Å². The minimum absolute atomic E-state index is 0.227. The van der Waals surface area contributed by atoms with Crippen molar-refractivity contribution in [2.75, 3.05) is 25.1 Å². The van der Waals surface area contributed by atoms with Crippen molar-refractivity contribution in [2.45, 2.75) is 25.7 Å². The number of nitrogens with zero attached hydrogens (tertiary/aromatic N) is 1. The van der Waals surface area contributed by atoms with Crippen LogP contribution in [0.15, 0.2) is 60.7 Å². The second kappa shape index (κ2) is 8.84. The molecule has 32 heavy (non-hydrogen) atoms. The Labute approximate surface area is 189 Å². The summed E-state index contributed by atoms with van der Waals surface area (Å²) in [6, 6.07) is 19.5. The Hall–Kier alpha value is -3.03. The highest BCUT2D eigenvalue weighted by molar-refractivity contribution is 7.88. The Morgan fingerprint density at radius 2 is 1.78 bits per heavy atom. The van der Waals surface area contributed by atoms with E-state index in [0.717, 1.165) is 52.5 Å². The first-order valence-corrected chi connectivity index (χ1v) is 12.4. The molecule has 0 amide bonds. The summed E-state index contributed by atoms with van der Waals surface area (Å²) in [6.07, 6.45) is -0.403. The molecule has 4 rings (SSSR count). The topological polar surface area (TPSA) is 81.9 Å². The van der Waals surface area contributed by atoms with Gasteiger partial charge in [0, 0.05) is 35.5 Å². The maximum Gasteiger partial charge on any atom is 0.213 e. The standard InChI is InChI=1S/C25H28N2O4S/c1-4-27(5-2)22-10-7-11-23-24(22)20-13-12-17(16-32(26,28)29)14-21(20)25(31-23)18-8-6-9-19(15-18)30-3/h6-15,25H,4-5,16H2,1-3H3,(H2,26,28,29). The lowest BCUT2D eigenvalue weighted by Gasteiger charge is -2.33. The molecule has 168 valence electrons. The first-order chi connectivity index (χ1) is 15.3. The molecule has 0 spiro atoms. The summed E-state index contributed by atoms with van der Waals surface area (Å²) in [6.45, 7) is 5.99. The molecule has 0 fully saturated rings. The lowest BCUT2D eigenvalue weighted by molar-refractivity contribution is 0.243. The van der Waals surface area contributed by atoms with Crippen LogP contribution in [0, 0.1) is 0 Å².